The molecule has 0 radical (unpaired) electrons. The first kappa shape index (κ1) is 23.5. The van der Waals surface area contributed by atoms with Crippen molar-refractivity contribution in [2.75, 3.05) is 24.5 Å². The Labute approximate surface area is 202 Å². The number of carbonyl (C=O) groups excluding carboxylic acids is 2. The Hall–Kier alpha value is -2.65. The van der Waals surface area contributed by atoms with Crippen LogP contribution < -0.4 is 16.2 Å². The molecule has 0 bridgehead atoms. The van der Waals surface area contributed by atoms with Gasteiger partial charge < -0.3 is 15.2 Å². The number of piperidine rings is 1. The lowest BCUT2D eigenvalue weighted by Gasteiger charge is -2.34. The molecule has 0 atom stereocenters. The first-order valence-electron chi connectivity index (χ1n) is 11.3. The van der Waals surface area contributed by atoms with E-state index in [0.29, 0.717) is 53.8 Å². The predicted molar refractivity (Wildman–Crippen MR) is 138 cm³/mol. The number of nitrogens with two attached hydrogens (primary N) is 1. The zero-order valence-corrected chi connectivity index (χ0v) is 20.5. The summed E-state index contributed by atoms with van der Waals surface area (Å²) >= 11 is 6.66. The number of aryl methyl sites for hydroxylation is 1. The Balaban J connectivity index is 1.89. The zero-order valence-electron chi connectivity index (χ0n) is 18.9. The smallest absolute Gasteiger partial charge is 0.266 e. The number of anilines is 1. The van der Waals surface area contributed by atoms with E-state index in [1.807, 2.05) is 38.1 Å². The first-order chi connectivity index (χ1) is 15.9. The normalized spacial score (nSPS) is 18.7. The van der Waals surface area contributed by atoms with Crippen molar-refractivity contribution in [1.82, 2.24) is 9.47 Å². The Morgan fingerprint density at radius 1 is 1.21 bits per heavy atom. The number of fused-ring (bicyclic) bond motifs is 1. The lowest BCUT2D eigenvalue weighted by molar-refractivity contribution is -0.123. The van der Waals surface area contributed by atoms with Crippen LogP contribution in [0, 0.1) is 5.92 Å². The molecule has 2 aliphatic rings. The Morgan fingerprint density at radius 3 is 2.55 bits per heavy atom. The minimum absolute atomic E-state index is 0.135. The van der Waals surface area contributed by atoms with E-state index in [2.05, 4.69) is 4.90 Å². The fourth-order valence-electron chi connectivity index (χ4n) is 4.63. The monoisotopic (exact) mass is 484 g/mol. The number of rotatable bonds is 6. The van der Waals surface area contributed by atoms with Crippen molar-refractivity contribution in [3.63, 3.8) is 0 Å². The summed E-state index contributed by atoms with van der Waals surface area (Å²) in [5.41, 5.74) is 7.55. The summed E-state index contributed by atoms with van der Waals surface area (Å²) in [5.74, 6) is -0.584. The molecule has 174 valence electrons. The molecule has 0 saturated carbocycles. The largest absolute Gasteiger partial charge is 0.370 e. The van der Waals surface area contributed by atoms with E-state index in [1.54, 1.807) is 15.5 Å². The van der Waals surface area contributed by atoms with Gasteiger partial charge in [-0.05, 0) is 38.3 Å². The highest BCUT2D eigenvalue weighted by Crippen LogP contribution is 2.37. The summed E-state index contributed by atoms with van der Waals surface area (Å²) in [6.45, 7) is 6.25. The molecule has 1 aromatic heterocycles. The number of amides is 2. The maximum atomic E-state index is 13.7. The lowest BCUT2D eigenvalue weighted by Crippen LogP contribution is -2.40. The number of thioether (sulfide) groups is 1. The minimum Gasteiger partial charge on any atom is -0.370 e. The standard InChI is InChI=1S/C24H28N4O3S2/c1-3-11-28-23(31)19(33-24(28)32)14-17-20(26-12-9-15(10-13-26)21(25)29)16-7-5-6-8-18(16)27(4-2)22(17)30/h5-8,14-15H,3-4,9-13H2,1-2H3,(H2,25,29). The van der Waals surface area contributed by atoms with Crippen LogP contribution in [0.4, 0.5) is 5.69 Å². The number of nitrogens with zero attached hydrogens (tertiary/aromatic N) is 3. The Bertz CT molecular complexity index is 1210. The van der Waals surface area contributed by atoms with Crippen molar-refractivity contribution in [3.05, 3.63) is 45.1 Å². The summed E-state index contributed by atoms with van der Waals surface area (Å²) < 4.78 is 2.27. The lowest BCUT2D eigenvalue weighted by atomic mass is 9.94. The second kappa shape index (κ2) is 9.69. The van der Waals surface area contributed by atoms with E-state index in [-0.39, 0.29) is 23.3 Å². The van der Waals surface area contributed by atoms with Crippen LogP contribution in [0.15, 0.2) is 34.0 Å². The fraction of sp³-hybridized carbons (Fsp3) is 0.417. The molecule has 2 N–H and O–H groups in total. The van der Waals surface area contributed by atoms with Gasteiger partial charge in [-0.15, -0.1) is 0 Å². The van der Waals surface area contributed by atoms with Crippen LogP contribution >= 0.6 is 24.0 Å². The minimum atomic E-state index is -0.277. The molecule has 2 aliphatic heterocycles. The molecule has 0 spiro atoms. The highest BCUT2D eigenvalue weighted by atomic mass is 32.2. The van der Waals surface area contributed by atoms with Crippen LogP contribution in [-0.4, -0.2) is 45.2 Å². The van der Waals surface area contributed by atoms with Crippen molar-refractivity contribution in [3.8, 4) is 0 Å². The molecule has 0 aliphatic carbocycles. The van der Waals surface area contributed by atoms with E-state index in [1.165, 1.54) is 11.8 Å². The number of thiocarbonyl (C=S) groups is 1. The average molecular weight is 485 g/mol. The fourth-order valence-corrected chi connectivity index (χ4v) is 5.92. The van der Waals surface area contributed by atoms with Crippen molar-refractivity contribution in [1.29, 1.82) is 0 Å². The number of carbonyl (C=O) groups is 2. The van der Waals surface area contributed by atoms with Crippen LogP contribution in [0.1, 0.15) is 38.7 Å². The van der Waals surface area contributed by atoms with Gasteiger partial charge in [-0.1, -0.05) is 49.1 Å². The van der Waals surface area contributed by atoms with Gasteiger partial charge in [0.25, 0.3) is 11.5 Å². The van der Waals surface area contributed by atoms with Gasteiger partial charge in [0.2, 0.25) is 5.91 Å². The summed E-state index contributed by atoms with van der Waals surface area (Å²) in [6, 6.07) is 7.84. The summed E-state index contributed by atoms with van der Waals surface area (Å²) in [7, 11) is 0. The second-order valence-electron chi connectivity index (χ2n) is 8.33. The number of pyridine rings is 1. The number of hydrogen-bond donors (Lipinski definition) is 1. The molecule has 1 aromatic carbocycles. The third-order valence-electron chi connectivity index (χ3n) is 6.31. The van der Waals surface area contributed by atoms with Gasteiger partial charge in [-0.3, -0.25) is 19.3 Å². The summed E-state index contributed by atoms with van der Waals surface area (Å²) in [5, 5.41) is 0.951. The number of hydrogen-bond acceptors (Lipinski definition) is 6. The molecule has 0 unspecified atom stereocenters. The van der Waals surface area contributed by atoms with Gasteiger partial charge in [-0.2, -0.15) is 0 Å². The zero-order chi connectivity index (χ0) is 23.7. The highest BCUT2D eigenvalue weighted by Gasteiger charge is 2.33. The molecule has 2 aromatic rings. The van der Waals surface area contributed by atoms with Crippen LogP contribution in [-0.2, 0) is 16.1 Å². The van der Waals surface area contributed by atoms with E-state index in [4.69, 9.17) is 18.0 Å². The number of para-hydroxylation sites is 1. The third-order valence-corrected chi connectivity index (χ3v) is 7.68. The maximum absolute atomic E-state index is 13.7. The molecule has 7 nitrogen and oxygen atoms in total. The molecular weight excluding hydrogens is 456 g/mol. The molecule has 3 heterocycles. The van der Waals surface area contributed by atoms with E-state index >= 15 is 0 Å². The van der Waals surface area contributed by atoms with Gasteiger partial charge in [-0.25, -0.2) is 0 Å². The van der Waals surface area contributed by atoms with E-state index < -0.39 is 0 Å². The predicted octanol–water partition coefficient (Wildman–Crippen LogP) is 3.33. The topological polar surface area (TPSA) is 88.6 Å². The summed E-state index contributed by atoms with van der Waals surface area (Å²) in [6.07, 6.45) is 3.79. The van der Waals surface area contributed by atoms with Crippen LogP contribution in [0.5, 0.6) is 0 Å². The van der Waals surface area contributed by atoms with E-state index in [0.717, 1.165) is 23.0 Å². The molecule has 4 rings (SSSR count). The SMILES string of the molecule is CCCN1C(=O)C(=Cc2c(N3CCC(C(N)=O)CC3)c3ccccc3n(CC)c2=O)SC1=S. The van der Waals surface area contributed by atoms with Gasteiger partial charge in [0, 0.05) is 37.5 Å². The molecule has 9 heteroatoms. The quantitative estimate of drug-likeness (QED) is 0.500. The van der Waals surface area contributed by atoms with Gasteiger partial charge in [0.15, 0.2) is 0 Å². The van der Waals surface area contributed by atoms with Crippen LogP contribution in [0.25, 0.3) is 17.0 Å². The van der Waals surface area contributed by atoms with Crippen LogP contribution in [0.3, 0.4) is 0 Å². The van der Waals surface area contributed by atoms with Gasteiger partial charge in [0.1, 0.15) is 4.32 Å². The molecule has 33 heavy (non-hydrogen) atoms. The Morgan fingerprint density at radius 2 is 1.91 bits per heavy atom. The second-order valence-corrected chi connectivity index (χ2v) is 10.0. The highest BCUT2D eigenvalue weighted by molar-refractivity contribution is 8.26. The number of primary amides is 1. The number of benzene rings is 1. The number of aromatic nitrogens is 1. The molecular formula is C24H28N4O3S2. The summed E-state index contributed by atoms with van der Waals surface area (Å²) in [4.78, 5) is 42.6. The maximum Gasteiger partial charge on any atom is 0.266 e. The van der Waals surface area contributed by atoms with Crippen molar-refractivity contribution >= 4 is 62.8 Å². The third kappa shape index (κ3) is 4.31. The Kier molecular flexibility index (Phi) is 6.90. The van der Waals surface area contributed by atoms with E-state index in [9.17, 15) is 14.4 Å². The molecule has 2 amide bonds. The molecule has 2 saturated heterocycles. The van der Waals surface area contributed by atoms with Crippen LogP contribution in [0.2, 0.25) is 0 Å². The molecule has 2 fully saturated rings. The van der Waals surface area contributed by atoms with Gasteiger partial charge >= 0.3 is 0 Å². The van der Waals surface area contributed by atoms with Crippen molar-refractivity contribution < 1.29 is 9.59 Å². The van der Waals surface area contributed by atoms with Crippen molar-refractivity contribution in [2.24, 2.45) is 11.7 Å². The first-order valence-corrected chi connectivity index (χ1v) is 12.5. The van der Waals surface area contributed by atoms with Crippen molar-refractivity contribution in [2.45, 2.75) is 39.7 Å². The average Bonchev–Trinajstić information content (AvgIpc) is 3.07. The van der Waals surface area contributed by atoms with Gasteiger partial charge in [0.05, 0.1) is 21.7 Å².